The number of hydrogen-bond donors (Lipinski definition) is 2. The van der Waals surface area contributed by atoms with Gasteiger partial charge in [0, 0.05) is 12.6 Å². The van der Waals surface area contributed by atoms with E-state index in [0.717, 1.165) is 12.1 Å². The Morgan fingerprint density at radius 3 is 2.58 bits per heavy atom. The van der Waals surface area contributed by atoms with Gasteiger partial charge in [0.2, 0.25) is 0 Å². The van der Waals surface area contributed by atoms with Crippen molar-refractivity contribution in [3.63, 3.8) is 0 Å². The molecule has 4 nitrogen and oxygen atoms in total. The Kier molecular flexibility index (Phi) is 6.12. The summed E-state index contributed by atoms with van der Waals surface area (Å²) in [6, 6.07) is 5.63. The third-order valence-corrected chi connectivity index (χ3v) is 2.78. The second-order valence-corrected chi connectivity index (χ2v) is 5.13. The van der Waals surface area contributed by atoms with Crippen molar-refractivity contribution in [3.8, 4) is 5.75 Å². The molecular formula is C14H21ClN2O2. The minimum absolute atomic E-state index is 0.0898. The summed E-state index contributed by atoms with van der Waals surface area (Å²) in [4.78, 5) is 11.7. The Morgan fingerprint density at radius 2 is 2.05 bits per heavy atom. The summed E-state index contributed by atoms with van der Waals surface area (Å²) in [7, 11) is 1.87. The lowest BCUT2D eigenvalue weighted by Gasteiger charge is -2.17. The van der Waals surface area contributed by atoms with Gasteiger partial charge in [0.1, 0.15) is 5.75 Å². The van der Waals surface area contributed by atoms with Gasteiger partial charge in [0.15, 0.2) is 6.10 Å². The molecule has 106 valence electrons. The highest BCUT2D eigenvalue weighted by atomic mass is 35.5. The van der Waals surface area contributed by atoms with E-state index in [-0.39, 0.29) is 11.9 Å². The molecule has 0 fully saturated rings. The van der Waals surface area contributed by atoms with Crippen LogP contribution < -0.4 is 15.4 Å². The Hall–Kier alpha value is -1.26. The third kappa shape index (κ3) is 5.09. The number of amides is 1. The predicted octanol–water partition coefficient (Wildman–Crippen LogP) is 2.35. The third-order valence-electron chi connectivity index (χ3n) is 2.48. The molecule has 5 heteroatoms. The van der Waals surface area contributed by atoms with Crippen molar-refractivity contribution in [1.82, 2.24) is 10.6 Å². The lowest BCUT2D eigenvalue weighted by Crippen LogP contribution is -2.40. The maximum atomic E-state index is 11.7. The van der Waals surface area contributed by atoms with Crippen LogP contribution in [0.15, 0.2) is 18.2 Å². The lowest BCUT2D eigenvalue weighted by molar-refractivity contribution is -0.127. The van der Waals surface area contributed by atoms with Crippen LogP contribution in [0.5, 0.6) is 5.75 Å². The normalized spacial score (nSPS) is 12.3. The Morgan fingerprint density at radius 1 is 1.37 bits per heavy atom. The SMILES string of the molecule is CNCc1ccc(OC(C)C(=O)NC(C)C)c(Cl)c1. The standard InChI is InChI=1S/C14H21ClN2O2/c1-9(2)17-14(18)10(3)19-13-6-5-11(8-16-4)7-12(13)15/h5-7,9-10,16H,8H2,1-4H3,(H,17,18). The molecule has 0 heterocycles. The maximum Gasteiger partial charge on any atom is 0.260 e. The van der Waals surface area contributed by atoms with Crippen molar-refractivity contribution in [3.05, 3.63) is 28.8 Å². The minimum Gasteiger partial charge on any atom is -0.479 e. The molecule has 0 spiro atoms. The monoisotopic (exact) mass is 284 g/mol. The van der Waals surface area contributed by atoms with Crippen molar-refractivity contribution in [2.24, 2.45) is 0 Å². The molecular weight excluding hydrogens is 264 g/mol. The molecule has 19 heavy (non-hydrogen) atoms. The maximum absolute atomic E-state index is 11.7. The van der Waals surface area contributed by atoms with Gasteiger partial charge >= 0.3 is 0 Å². The zero-order valence-electron chi connectivity index (χ0n) is 11.8. The summed E-state index contributed by atoms with van der Waals surface area (Å²) in [6.07, 6.45) is -0.574. The van der Waals surface area contributed by atoms with E-state index in [1.165, 1.54) is 0 Å². The molecule has 0 aliphatic heterocycles. The Balaban J connectivity index is 2.69. The smallest absolute Gasteiger partial charge is 0.260 e. The van der Waals surface area contributed by atoms with Gasteiger partial charge in [-0.2, -0.15) is 0 Å². The summed E-state index contributed by atoms with van der Waals surface area (Å²) in [5, 5.41) is 6.36. The van der Waals surface area contributed by atoms with Crippen molar-refractivity contribution in [1.29, 1.82) is 0 Å². The van der Waals surface area contributed by atoms with E-state index in [2.05, 4.69) is 10.6 Å². The quantitative estimate of drug-likeness (QED) is 0.843. The van der Waals surface area contributed by atoms with E-state index in [9.17, 15) is 4.79 Å². The lowest BCUT2D eigenvalue weighted by atomic mass is 10.2. The first-order valence-corrected chi connectivity index (χ1v) is 6.72. The first-order chi connectivity index (χ1) is 8.93. The number of halogens is 1. The number of nitrogens with one attached hydrogen (secondary N) is 2. The number of carbonyl (C=O) groups excluding carboxylic acids is 1. The van der Waals surface area contributed by atoms with Gasteiger partial charge in [-0.15, -0.1) is 0 Å². The van der Waals surface area contributed by atoms with Crippen molar-refractivity contribution in [2.75, 3.05) is 7.05 Å². The molecule has 0 saturated carbocycles. The molecule has 0 bridgehead atoms. The number of rotatable bonds is 6. The minimum atomic E-state index is -0.574. The average Bonchev–Trinajstić information content (AvgIpc) is 2.32. The molecule has 1 aromatic carbocycles. The topological polar surface area (TPSA) is 50.4 Å². The summed E-state index contributed by atoms with van der Waals surface area (Å²) in [5.74, 6) is 0.373. The molecule has 1 amide bonds. The van der Waals surface area contributed by atoms with Crippen LogP contribution in [0.1, 0.15) is 26.3 Å². The highest BCUT2D eigenvalue weighted by Crippen LogP contribution is 2.26. The molecule has 0 radical (unpaired) electrons. The largest absolute Gasteiger partial charge is 0.479 e. The van der Waals surface area contributed by atoms with Gasteiger partial charge in [-0.1, -0.05) is 17.7 Å². The molecule has 1 atom stereocenters. The molecule has 0 aromatic heterocycles. The van der Waals surface area contributed by atoms with E-state index in [1.807, 2.05) is 33.0 Å². The Labute approximate surface area is 119 Å². The van der Waals surface area contributed by atoms with Crippen LogP contribution in [0.2, 0.25) is 5.02 Å². The van der Waals surface area contributed by atoms with Crippen molar-refractivity contribution >= 4 is 17.5 Å². The van der Waals surface area contributed by atoms with Crippen LogP contribution in [0.4, 0.5) is 0 Å². The second kappa shape index (κ2) is 7.36. The zero-order chi connectivity index (χ0) is 14.4. The van der Waals surface area contributed by atoms with E-state index in [1.54, 1.807) is 13.0 Å². The highest BCUT2D eigenvalue weighted by molar-refractivity contribution is 6.32. The zero-order valence-corrected chi connectivity index (χ0v) is 12.5. The Bertz CT molecular complexity index is 435. The fraction of sp³-hybridized carbons (Fsp3) is 0.500. The van der Waals surface area contributed by atoms with E-state index in [4.69, 9.17) is 16.3 Å². The summed E-state index contributed by atoms with van der Waals surface area (Å²) in [5.41, 5.74) is 1.07. The summed E-state index contributed by atoms with van der Waals surface area (Å²) < 4.78 is 5.58. The number of benzene rings is 1. The van der Waals surface area contributed by atoms with Gasteiger partial charge in [-0.05, 0) is 45.5 Å². The van der Waals surface area contributed by atoms with Crippen LogP contribution in [-0.2, 0) is 11.3 Å². The molecule has 1 unspecified atom stereocenters. The summed E-state index contributed by atoms with van der Waals surface area (Å²) >= 11 is 6.14. The predicted molar refractivity (Wildman–Crippen MR) is 77.6 cm³/mol. The van der Waals surface area contributed by atoms with Gasteiger partial charge < -0.3 is 15.4 Å². The number of ether oxygens (including phenoxy) is 1. The second-order valence-electron chi connectivity index (χ2n) is 4.72. The number of carbonyl (C=O) groups is 1. The van der Waals surface area contributed by atoms with Crippen LogP contribution in [0, 0.1) is 0 Å². The van der Waals surface area contributed by atoms with E-state index >= 15 is 0 Å². The molecule has 1 rings (SSSR count). The average molecular weight is 285 g/mol. The van der Waals surface area contributed by atoms with Gasteiger partial charge in [-0.3, -0.25) is 4.79 Å². The van der Waals surface area contributed by atoms with Gasteiger partial charge in [0.05, 0.1) is 5.02 Å². The van der Waals surface area contributed by atoms with E-state index in [0.29, 0.717) is 10.8 Å². The van der Waals surface area contributed by atoms with Gasteiger partial charge in [-0.25, -0.2) is 0 Å². The van der Waals surface area contributed by atoms with Crippen molar-refractivity contribution < 1.29 is 9.53 Å². The molecule has 0 aliphatic rings. The highest BCUT2D eigenvalue weighted by Gasteiger charge is 2.16. The van der Waals surface area contributed by atoms with Crippen molar-refractivity contribution in [2.45, 2.75) is 39.5 Å². The number of hydrogen-bond acceptors (Lipinski definition) is 3. The van der Waals surface area contributed by atoms with Crippen LogP contribution in [-0.4, -0.2) is 25.1 Å². The van der Waals surface area contributed by atoms with Crippen LogP contribution >= 0.6 is 11.6 Å². The van der Waals surface area contributed by atoms with Crippen LogP contribution in [0.3, 0.4) is 0 Å². The first-order valence-electron chi connectivity index (χ1n) is 6.34. The molecule has 1 aromatic rings. The fourth-order valence-electron chi connectivity index (χ4n) is 1.60. The van der Waals surface area contributed by atoms with E-state index < -0.39 is 6.10 Å². The fourth-order valence-corrected chi connectivity index (χ4v) is 1.85. The molecule has 2 N–H and O–H groups in total. The molecule has 0 aliphatic carbocycles. The molecule has 0 saturated heterocycles. The summed E-state index contributed by atoms with van der Waals surface area (Å²) in [6.45, 7) is 6.26. The first kappa shape index (κ1) is 15.8. The van der Waals surface area contributed by atoms with Gasteiger partial charge in [0.25, 0.3) is 5.91 Å². The van der Waals surface area contributed by atoms with Crippen LogP contribution in [0.25, 0.3) is 0 Å².